The third-order valence-corrected chi connectivity index (χ3v) is 6.34. The van der Waals surface area contributed by atoms with Crippen molar-refractivity contribution in [1.82, 2.24) is 4.90 Å². The third kappa shape index (κ3) is 6.78. The molecule has 0 spiro atoms. The standard InChI is InChI=1S/C24H30ClN3O5/c1-24(2,3)16(12-20(29)15-6-7-18(27)17(25)11-15)23(33)28-8-4-5-19(28)21(30)9-14(13-26)10-22(31)32/h6-7,11,14,16,19H,4-5,8-10,12,27H2,1-3H3,(H,31,32)/t14-,16+,19-/m0/s1. The minimum Gasteiger partial charge on any atom is -0.481 e. The number of carbonyl (C=O) groups excluding carboxylic acids is 3. The highest BCUT2D eigenvalue weighted by Gasteiger charge is 2.42. The van der Waals surface area contributed by atoms with Crippen molar-refractivity contribution in [3.63, 3.8) is 0 Å². The van der Waals surface area contributed by atoms with Crippen molar-refractivity contribution in [2.45, 2.75) is 58.9 Å². The van der Waals surface area contributed by atoms with Crippen molar-refractivity contribution in [2.75, 3.05) is 12.3 Å². The van der Waals surface area contributed by atoms with Gasteiger partial charge in [0.15, 0.2) is 11.6 Å². The van der Waals surface area contributed by atoms with E-state index in [-0.39, 0.29) is 35.3 Å². The molecule has 9 heteroatoms. The third-order valence-electron chi connectivity index (χ3n) is 6.01. The topological polar surface area (TPSA) is 142 Å². The number of rotatable bonds is 9. The largest absolute Gasteiger partial charge is 0.481 e. The van der Waals surface area contributed by atoms with Crippen LogP contribution in [0.4, 0.5) is 5.69 Å². The Kier molecular flexibility index (Phi) is 8.62. The highest BCUT2D eigenvalue weighted by molar-refractivity contribution is 6.33. The van der Waals surface area contributed by atoms with E-state index < -0.39 is 35.7 Å². The van der Waals surface area contributed by atoms with Gasteiger partial charge >= 0.3 is 5.97 Å². The summed E-state index contributed by atoms with van der Waals surface area (Å²) >= 11 is 6.04. The number of aliphatic carboxylic acids is 1. The molecule has 0 aliphatic carbocycles. The van der Waals surface area contributed by atoms with Gasteiger partial charge in [0, 0.05) is 24.9 Å². The first-order chi connectivity index (χ1) is 15.3. The maximum atomic E-state index is 13.5. The average Bonchev–Trinajstić information content (AvgIpc) is 3.21. The lowest BCUT2D eigenvalue weighted by molar-refractivity contribution is -0.144. The van der Waals surface area contributed by atoms with Gasteiger partial charge in [-0.05, 0) is 36.5 Å². The second-order valence-electron chi connectivity index (χ2n) is 9.57. The van der Waals surface area contributed by atoms with Gasteiger partial charge < -0.3 is 15.7 Å². The molecule has 0 unspecified atom stereocenters. The number of carboxylic acid groups (broad SMARTS) is 1. The first kappa shape index (κ1) is 26.3. The van der Waals surface area contributed by atoms with Crippen LogP contribution in [0.15, 0.2) is 18.2 Å². The van der Waals surface area contributed by atoms with Gasteiger partial charge in [-0.15, -0.1) is 0 Å². The summed E-state index contributed by atoms with van der Waals surface area (Å²) in [5, 5.41) is 18.4. The second-order valence-corrected chi connectivity index (χ2v) is 9.97. The molecule has 0 saturated carbocycles. The molecule has 0 aromatic heterocycles. The minimum absolute atomic E-state index is 0.0557. The lowest BCUT2D eigenvalue weighted by Crippen LogP contribution is -2.47. The highest BCUT2D eigenvalue weighted by Crippen LogP contribution is 2.35. The molecule has 8 nitrogen and oxygen atoms in total. The number of carbonyl (C=O) groups is 4. The van der Waals surface area contributed by atoms with Crippen LogP contribution in [0.2, 0.25) is 5.02 Å². The molecular formula is C24H30ClN3O5. The number of nitrogen functional groups attached to an aromatic ring is 1. The summed E-state index contributed by atoms with van der Waals surface area (Å²) in [6.45, 7) is 5.97. The number of amides is 1. The molecule has 178 valence electrons. The number of benzene rings is 1. The van der Waals surface area contributed by atoms with Crippen molar-refractivity contribution in [3.8, 4) is 6.07 Å². The fourth-order valence-electron chi connectivity index (χ4n) is 4.09. The summed E-state index contributed by atoms with van der Waals surface area (Å²) in [5.41, 5.74) is 5.87. The molecule has 1 aromatic rings. The van der Waals surface area contributed by atoms with Gasteiger partial charge in [-0.3, -0.25) is 19.2 Å². The molecule has 3 atom stereocenters. The smallest absolute Gasteiger partial charge is 0.304 e. The van der Waals surface area contributed by atoms with E-state index >= 15 is 0 Å². The first-order valence-corrected chi connectivity index (χ1v) is 11.3. The van der Waals surface area contributed by atoms with Gasteiger partial charge in [0.05, 0.1) is 41.1 Å². The number of carboxylic acids is 1. The van der Waals surface area contributed by atoms with E-state index in [0.717, 1.165) is 0 Å². The lowest BCUT2D eigenvalue weighted by atomic mass is 9.76. The molecule has 1 saturated heterocycles. The number of nitrogens with two attached hydrogens (primary N) is 1. The van der Waals surface area contributed by atoms with Crippen LogP contribution in [0.1, 0.15) is 63.2 Å². The Hall–Kier alpha value is -2.92. The minimum atomic E-state index is -1.15. The number of likely N-dealkylation sites (tertiary alicyclic amines) is 1. The number of nitrogens with zero attached hydrogens (tertiary/aromatic N) is 2. The molecule has 1 aliphatic heterocycles. The van der Waals surface area contributed by atoms with E-state index in [1.54, 1.807) is 12.1 Å². The molecule has 0 bridgehead atoms. The number of hydrogen-bond acceptors (Lipinski definition) is 6. The van der Waals surface area contributed by atoms with Gasteiger partial charge in [-0.2, -0.15) is 5.26 Å². The Labute approximate surface area is 198 Å². The molecule has 2 rings (SSSR count). The zero-order chi connectivity index (χ0) is 24.9. The van der Waals surface area contributed by atoms with Crippen molar-refractivity contribution < 1.29 is 24.3 Å². The normalized spacial score (nSPS) is 17.8. The summed E-state index contributed by atoms with van der Waals surface area (Å²) < 4.78 is 0. The Morgan fingerprint density at radius 3 is 2.45 bits per heavy atom. The Balaban J connectivity index is 2.21. The van der Waals surface area contributed by atoms with Crippen LogP contribution >= 0.6 is 11.6 Å². The summed E-state index contributed by atoms with van der Waals surface area (Å²) in [6.07, 6.45) is 0.372. The van der Waals surface area contributed by atoms with E-state index in [0.29, 0.717) is 30.6 Å². The van der Waals surface area contributed by atoms with Crippen LogP contribution in [-0.4, -0.2) is 46.0 Å². The van der Waals surface area contributed by atoms with E-state index in [4.69, 9.17) is 22.4 Å². The molecule has 33 heavy (non-hydrogen) atoms. The van der Waals surface area contributed by atoms with Crippen molar-refractivity contribution >= 4 is 40.7 Å². The molecule has 3 N–H and O–H groups in total. The number of ketones is 2. The molecule has 1 aromatic carbocycles. The van der Waals surface area contributed by atoms with Crippen molar-refractivity contribution in [2.24, 2.45) is 17.3 Å². The quantitative estimate of drug-likeness (QED) is 0.409. The van der Waals surface area contributed by atoms with Gasteiger partial charge in [-0.25, -0.2) is 0 Å². The zero-order valence-corrected chi connectivity index (χ0v) is 19.9. The molecule has 1 heterocycles. The predicted molar refractivity (Wildman–Crippen MR) is 123 cm³/mol. The van der Waals surface area contributed by atoms with Gasteiger partial charge in [0.1, 0.15) is 0 Å². The SMILES string of the molecule is CC(C)(C)[C@H](CC(=O)c1ccc(N)c(Cl)c1)C(=O)N1CCC[C@H]1C(=O)C[C@H](C#N)CC(=O)O. The monoisotopic (exact) mass is 475 g/mol. The number of halogens is 1. The average molecular weight is 476 g/mol. The molecule has 0 radical (unpaired) electrons. The number of Topliss-reactive ketones (excluding diaryl/α,β-unsaturated/α-hetero) is 2. The molecule has 1 amide bonds. The summed E-state index contributed by atoms with van der Waals surface area (Å²) in [5.74, 6) is -3.64. The van der Waals surface area contributed by atoms with Crippen LogP contribution in [-0.2, 0) is 14.4 Å². The number of hydrogen-bond donors (Lipinski definition) is 2. The van der Waals surface area contributed by atoms with Crippen LogP contribution in [0, 0.1) is 28.6 Å². The van der Waals surface area contributed by atoms with E-state index in [9.17, 15) is 24.4 Å². The van der Waals surface area contributed by atoms with Crippen molar-refractivity contribution in [3.05, 3.63) is 28.8 Å². The summed E-state index contributed by atoms with van der Waals surface area (Å²) in [7, 11) is 0. The van der Waals surface area contributed by atoms with E-state index in [1.807, 2.05) is 26.8 Å². The maximum absolute atomic E-state index is 13.5. The molecule has 1 aliphatic rings. The number of anilines is 1. The fourth-order valence-corrected chi connectivity index (χ4v) is 4.27. The van der Waals surface area contributed by atoms with Gasteiger partial charge in [-0.1, -0.05) is 32.4 Å². The van der Waals surface area contributed by atoms with Crippen LogP contribution in [0.25, 0.3) is 0 Å². The Morgan fingerprint density at radius 2 is 1.91 bits per heavy atom. The molecule has 1 fully saturated rings. The maximum Gasteiger partial charge on any atom is 0.304 e. The van der Waals surface area contributed by atoms with E-state index in [2.05, 4.69) is 0 Å². The van der Waals surface area contributed by atoms with Crippen LogP contribution < -0.4 is 5.73 Å². The van der Waals surface area contributed by atoms with Gasteiger partial charge in [0.25, 0.3) is 0 Å². The Bertz CT molecular complexity index is 979. The fraction of sp³-hybridized carbons (Fsp3) is 0.542. The van der Waals surface area contributed by atoms with Crippen LogP contribution in [0.5, 0.6) is 0 Å². The second kappa shape index (κ2) is 10.8. The van der Waals surface area contributed by atoms with Crippen molar-refractivity contribution in [1.29, 1.82) is 5.26 Å². The lowest BCUT2D eigenvalue weighted by Gasteiger charge is -2.35. The number of nitriles is 1. The molecular weight excluding hydrogens is 446 g/mol. The van der Waals surface area contributed by atoms with E-state index in [1.165, 1.54) is 11.0 Å². The zero-order valence-electron chi connectivity index (χ0n) is 19.1. The Morgan fingerprint density at radius 1 is 1.24 bits per heavy atom. The highest BCUT2D eigenvalue weighted by atomic mass is 35.5. The predicted octanol–water partition coefficient (Wildman–Crippen LogP) is 3.72. The first-order valence-electron chi connectivity index (χ1n) is 10.9. The van der Waals surface area contributed by atoms with Gasteiger partial charge in [0.2, 0.25) is 5.91 Å². The summed E-state index contributed by atoms with van der Waals surface area (Å²) in [4.78, 5) is 51.8. The summed E-state index contributed by atoms with van der Waals surface area (Å²) in [6, 6.07) is 5.74. The van der Waals surface area contributed by atoms with Crippen LogP contribution in [0.3, 0.4) is 0 Å².